The molecule has 2 unspecified atom stereocenters. The van der Waals surface area contributed by atoms with Gasteiger partial charge in [-0.05, 0) is 35.9 Å². The van der Waals surface area contributed by atoms with Gasteiger partial charge in [0.2, 0.25) is 6.23 Å². The summed E-state index contributed by atoms with van der Waals surface area (Å²) in [6.45, 7) is 0. The molecule has 5 rings (SSSR count). The molecule has 0 N–H and O–H groups in total. The van der Waals surface area contributed by atoms with Gasteiger partial charge >= 0.3 is 0 Å². The van der Waals surface area contributed by atoms with Crippen LogP contribution in [0.25, 0.3) is 0 Å². The topological polar surface area (TPSA) is 34.1 Å². The second-order valence-corrected chi connectivity index (χ2v) is 7.34. The molecular weight excluding hydrogens is 372 g/mol. The zero-order valence-corrected chi connectivity index (χ0v) is 16.1. The predicted molar refractivity (Wildman–Crippen MR) is 110 cm³/mol. The Morgan fingerprint density at radius 3 is 2.46 bits per heavy atom. The summed E-state index contributed by atoms with van der Waals surface area (Å²) in [6, 6.07) is 24.1. The summed E-state index contributed by atoms with van der Waals surface area (Å²) in [5.41, 5.74) is 4.23. The van der Waals surface area contributed by atoms with Gasteiger partial charge in [-0.3, -0.25) is 0 Å². The SMILES string of the molecule is COc1ccccc1C1Oc2ccccc2C2CC(c3ccc(Cl)cc3)=NN21. The maximum absolute atomic E-state index is 6.40. The van der Waals surface area contributed by atoms with E-state index in [9.17, 15) is 0 Å². The van der Waals surface area contributed by atoms with Gasteiger partial charge in [-0.25, -0.2) is 5.01 Å². The van der Waals surface area contributed by atoms with E-state index in [1.165, 1.54) is 0 Å². The van der Waals surface area contributed by atoms with Crippen LogP contribution in [0.4, 0.5) is 0 Å². The lowest BCUT2D eigenvalue weighted by molar-refractivity contribution is -0.0203. The fourth-order valence-corrected chi connectivity index (χ4v) is 4.05. The molecule has 0 spiro atoms. The third-order valence-corrected chi connectivity index (χ3v) is 5.53. The third-order valence-electron chi connectivity index (χ3n) is 5.28. The Bertz CT molecular complexity index is 1050. The van der Waals surface area contributed by atoms with E-state index in [2.05, 4.69) is 11.1 Å². The van der Waals surface area contributed by atoms with Crippen LogP contribution in [0.3, 0.4) is 0 Å². The molecule has 5 heteroatoms. The van der Waals surface area contributed by atoms with Gasteiger partial charge in [-0.1, -0.05) is 54.1 Å². The maximum atomic E-state index is 6.40. The minimum absolute atomic E-state index is 0.116. The van der Waals surface area contributed by atoms with Crippen molar-refractivity contribution in [1.82, 2.24) is 5.01 Å². The first-order chi connectivity index (χ1) is 13.7. The van der Waals surface area contributed by atoms with Crippen LogP contribution >= 0.6 is 11.6 Å². The summed E-state index contributed by atoms with van der Waals surface area (Å²) in [6.07, 6.45) is 0.467. The molecule has 2 aliphatic heterocycles. The molecule has 4 nitrogen and oxygen atoms in total. The molecule has 0 radical (unpaired) electrons. The summed E-state index contributed by atoms with van der Waals surface area (Å²) >= 11 is 6.06. The Morgan fingerprint density at radius 2 is 1.68 bits per heavy atom. The van der Waals surface area contributed by atoms with Crippen LogP contribution in [0.1, 0.15) is 35.4 Å². The molecule has 0 saturated heterocycles. The molecule has 3 aromatic rings. The van der Waals surface area contributed by atoms with Gasteiger partial charge in [0.15, 0.2) is 0 Å². The van der Waals surface area contributed by atoms with Crippen LogP contribution in [-0.2, 0) is 0 Å². The van der Waals surface area contributed by atoms with E-state index in [0.717, 1.165) is 45.3 Å². The van der Waals surface area contributed by atoms with Crippen molar-refractivity contribution in [1.29, 1.82) is 0 Å². The van der Waals surface area contributed by atoms with Crippen LogP contribution in [0.5, 0.6) is 11.5 Å². The van der Waals surface area contributed by atoms with Gasteiger partial charge in [-0.15, -0.1) is 0 Å². The average Bonchev–Trinajstić information content (AvgIpc) is 3.19. The van der Waals surface area contributed by atoms with E-state index in [0.29, 0.717) is 0 Å². The first kappa shape index (κ1) is 17.1. The van der Waals surface area contributed by atoms with Crippen molar-refractivity contribution in [3.63, 3.8) is 0 Å². The molecule has 0 fully saturated rings. The summed E-state index contributed by atoms with van der Waals surface area (Å²) in [5.74, 6) is 1.69. The highest BCUT2D eigenvalue weighted by molar-refractivity contribution is 6.30. The Labute approximate surface area is 169 Å². The molecule has 28 heavy (non-hydrogen) atoms. The summed E-state index contributed by atoms with van der Waals surface area (Å²) < 4.78 is 12.0. The summed E-state index contributed by atoms with van der Waals surface area (Å²) in [7, 11) is 1.68. The van der Waals surface area contributed by atoms with E-state index in [1.807, 2.05) is 66.7 Å². The van der Waals surface area contributed by atoms with E-state index in [-0.39, 0.29) is 12.3 Å². The highest BCUT2D eigenvalue weighted by Crippen LogP contribution is 2.48. The molecule has 2 aliphatic rings. The van der Waals surface area contributed by atoms with E-state index in [4.69, 9.17) is 26.2 Å². The number of para-hydroxylation sites is 2. The fourth-order valence-electron chi connectivity index (χ4n) is 3.93. The molecule has 0 bridgehead atoms. The zero-order chi connectivity index (χ0) is 19.1. The van der Waals surface area contributed by atoms with Gasteiger partial charge in [-0.2, -0.15) is 5.10 Å². The summed E-state index contributed by atoms with van der Waals surface area (Å²) in [4.78, 5) is 0. The van der Waals surface area contributed by atoms with Gasteiger partial charge < -0.3 is 9.47 Å². The minimum Gasteiger partial charge on any atom is -0.496 e. The molecule has 2 heterocycles. The first-order valence-electron chi connectivity index (χ1n) is 9.25. The fraction of sp³-hybridized carbons (Fsp3) is 0.174. The van der Waals surface area contributed by atoms with E-state index in [1.54, 1.807) is 7.11 Å². The van der Waals surface area contributed by atoms with E-state index < -0.39 is 0 Å². The molecular formula is C23H19ClN2O2. The number of methoxy groups -OCH3 is 1. The van der Waals surface area contributed by atoms with Gasteiger partial charge in [0.05, 0.1) is 24.4 Å². The van der Waals surface area contributed by atoms with Crippen LogP contribution in [-0.4, -0.2) is 17.8 Å². The first-order valence-corrected chi connectivity index (χ1v) is 9.62. The lowest BCUT2D eigenvalue weighted by atomic mass is 9.96. The van der Waals surface area contributed by atoms with Crippen LogP contribution < -0.4 is 9.47 Å². The number of hydrogen-bond acceptors (Lipinski definition) is 4. The Hall–Kier alpha value is -2.98. The van der Waals surface area contributed by atoms with Crippen molar-refractivity contribution >= 4 is 17.3 Å². The predicted octanol–water partition coefficient (Wildman–Crippen LogP) is 5.59. The normalized spacial score (nSPS) is 20.1. The maximum Gasteiger partial charge on any atom is 0.217 e. The quantitative estimate of drug-likeness (QED) is 0.584. The van der Waals surface area contributed by atoms with Gasteiger partial charge in [0.1, 0.15) is 11.5 Å². The number of benzene rings is 3. The van der Waals surface area contributed by atoms with Crippen molar-refractivity contribution in [2.45, 2.75) is 18.7 Å². The van der Waals surface area contributed by atoms with Crippen LogP contribution in [0.15, 0.2) is 77.9 Å². The molecule has 0 saturated carbocycles. The van der Waals surface area contributed by atoms with Crippen molar-refractivity contribution in [2.24, 2.45) is 5.10 Å². The smallest absolute Gasteiger partial charge is 0.217 e. The van der Waals surface area contributed by atoms with Crippen molar-refractivity contribution in [3.05, 3.63) is 94.5 Å². The lowest BCUT2D eigenvalue weighted by Gasteiger charge is -2.38. The number of fused-ring (bicyclic) bond motifs is 3. The Morgan fingerprint density at radius 1 is 0.964 bits per heavy atom. The van der Waals surface area contributed by atoms with Gasteiger partial charge in [0.25, 0.3) is 0 Å². The van der Waals surface area contributed by atoms with Gasteiger partial charge in [0, 0.05) is 17.0 Å². The zero-order valence-electron chi connectivity index (χ0n) is 15.4. The molecule has 140 valence electrons. The minimum atomic E-state index is -0.346. The second kappa shape index (κ2) is 6.88. The number of hydrazone groups is 1. The van der Waals surface area contributed by atoms with Crippen molar-refractivity contribution < 1.29 is 9.47 Å². The number of nitrogens with zero attached hydrogens (tertiary/aromatic N) is 2. The van der Waals surface area contributed by atoms with Crippen molar-refractivity contribution in [3.8, 4) is 11.5 Å². The standard InChI is InChI=1S/C23H19ClN2O2/c1-27-21-8-4-3-7-18(21)23-26-20(17-6-2-5-9-22(17)28-23)14-19(25-26)15-10-12-16(24)13-11-15/h2-13,20,23H,14H2,1H3. The van der Waals surface area contributed by atoms with Crippen molar-refractivity contribution in [2.75, 3.05) is 7.11 Å². The monoisotopic (exact) mass is 390 g/mol. The number of rotatable bonds is 3. The number of ether oxygens (including phenoxy) is 2. The Balaban J connectivity index is 1.61. The molecule has 0 aromatic heterocycles. The molecule has 3 aromatic carbocycles. The van der Waals surface area contributed by atoms with E-state index >= 15 is 0 Å². The second-order valence-electron chi connectivity index (χ2n) is 6.90. The highest BCUT2D eigenvalue weighted by Gasteiger charge is 2.41. The Kier molecular flexibility index (Phi) is 4.21. The molecule has 2 atom stereocenters. The summed E-state index contributed by atoms with van der Waals surface area (Å²) in [5, 5.41) is 7.75. The highest BCUT2D eigenvalue weighted by atomic mass is 35.5. The lowest BCUT2D eigenvalue weighted by Crippen LogP contribution is -2.33. The number of halogens is 1. The third kappa shape index (κ3) is 2.81. The molecule has 0 aliphatic carbocycles. The largest absolute Gasteiger partial charge is 0.496 e. The average molecular weight is 391 g/mol. The van der Waals surface area contributed by atoms with Crippen LogP contribution in [0.2, 0.25) is 5.02 Å². The van der Waals surface area contributed by atoms with Crippen LogP contribution in [0, 0.1) is 0 Å². The molecule has 0 amide bonds. The number of hydrogen-bond donors (Lipinski definition) is 0.